The summed E-state index contributed by atoms with van der Waals surface area (Å²) in [5.41, 5.74) is 0.637. The second-order valence-corrected chi connectivity index (χ2v) is 4.90. The Balaban J connectivity index is 1.87. The van der Waals surface area contributed by atoms with Gasteiger partial charge in [-0.1, -0.05) is 11.3 Å². The number of imidazole rings is 1. The lowest BCUT2D eigenvalue weighted by molar-refractivity contribution is -0.134. The number of carbonyl (C=O) groups is 1. The Morgan fingerprint density at radius 3 is 2.75 bits per heavy atom. The third-order valence-electron chi connectivity index (χ3n) is 2.19. The number of nitrogens with one attached hydrogen (secondary N) is 2. The van der Waals surface area contributed by atoms with Crippen LogP contribution in [0.15, 0.2) is 18.7 Å². The number of halogens is 3. The smallest absolute Gasteiger partial charge is 0.340 e. The number of hydrogen-bond acceptors (Lipinski definition) is 4. The largest absolute Gasteiger partial charge is 0.427 e. The second kappa shape index (κ2) is 5.49. The van der Waals surface area contributed by atoms with Gasteiger partial charge in [0.15, 0.2) is 5.13 Å². The van der Waals surface area contributed by atoms with Gasteiger partial charge in [-0.05, 0) is 0 Å². The third kappa shape index (κ3) is 3.70. The Kier molecular flexibility index (Phi) is 3.93. The minimum absolute atomic E-state index is 0.115. The normalized spacial score (nSPS) is 11.4. The van der Waals surface area contributed by atoms with Crippen molar-refractivity contribution in [2.45, 2.75) is 12.7 Å². The van der Waals surface area contributed by atoms with Crippen LogP contribution in [0.5, 0.6) is 0 Å². The molecule has 6 nitrogen and oxygen atoms in total. The number of thiazole rings is 1. The van der Waals surface area contributed by atoms with Crippen LogP contribution in [0.4, 0.5) is 23.1 Å². The van der Waals surface area contributed by atoms with Crippen LogP contribution in [0.1, 0.15) is 10.6 Å². The minimum atomic E-state index is -4.46. The van der Waals surface area contributed by atoms with E-state index >= 15 is 0 Å². The van der Waals surface area contributed by atoms with Crippen LogP contribution in [0.3, 0.4) is 0 Å². The molecule has 108 valence electrons. The Morgan fingerprint density at radius 2 is 2.20 bits per heavy atom. The summed E-state index contributed by atoms with van der Waals surface area (Å²) in [6, 6.07) is -0.640. The minimum Gasteiger partial charge on any atom is -0.340 e. The van der Waals surface area contributed by atoms with Crippen molar-refractivity contribution in [2.75, 3.05) is 5.32 Å². The Hall–Kier alpha value is -2.10. The summed E-state index contributed by atoms with van der Waals surface area (Å²) in [5, 5.41) is 4.59. The summed E-state index contributed by atoms with van der Waals surface area (Å²) in [6.45, 7) is 0.171. The van der Waals surface area contributed by atoms with Gasteiger partial charge < -0.3 is 9.88 Å². The number of carbonyl (C=O) groups excluding carboxylic acids is 1. The lowest BCUT2D eigenvalue weighted by Crippen LogP contribution is -2.28. The van der Waals surface area contributed by atoms with E-state index in [1.165, 1.54) is 0 Å². The van der Waals surface area contributed by atoms with Gasteiger partial charge in [0.1, 0.15) is 4.88 Å². The highest BCUT2D eigenvalue weighted by Gasteiger charge is 2.33. The molecule has 2 N–H and O–H groups in total. The van der Waals surface area contributed by atoms with Crippen molar-refractivity contribution < 1.29 is 18.0 Å². The van der Waals surface area contributed by atoms with Gasteiger partial charge >= 0.3 is 12.2 Å². The van der Waals surface area contributed by atoms with E-state index in [9.17, 15) is 18.0 Å². The average molecular weight is 305 g/mol. The monoisotopic (exact) mass is 305 g/mol. The number of hydrogen-bond donors (Lipinski definition) is 2. The molecule has 20 heavy (non-hydrogen) atoms. The highest BCUT2D eigenvalue weighted by Crippen LogP contribution is 2.34. The molecule has 0 bridgehead atoms. The molecule has 0 saturated heterocycles. The molecule has 2 amide bonds. The molecule has 0 atom stereocenters. The molecule has 0 unspecified atom stereocenters. The van der Waals surface area contributed by atoms with E-state index in [-0.39, 0.29) is 11.7 Å². The van der Waals surface area contributed by atoms with Crippen molar-refractivity contribution in [2.24, 2.45) is 7.05 Å². The first-order valence-corrected chi connectivity index (χ1v) is 6.21. The van der Waals surface area contributed by atoms with Gasteiger partial charge in [0, 0.05) is 13.2 Å². The van der Waals surface area contributed by atoms with Crippen LogP contribution >= 0.6 is 11.3 Å². The molecule has 0 aliphatic heterocycles. The number of anilines is 1. The van der Waals surface area contributed by atoms with Gasteiger partial charge in [0.05, 0.1) is 24.8 Å². The molecular weight excluding hydrogens is 295 g/mol. The molecule has 0 spiro atoms. The maximum atomic E-state index is 12.3. The first-order chi connectivity index (χ1) is 9.34. The zero-order valence-corrected chi connectivity index (χ0v) is 11.0. The molecule has 0 radical (unpaired) electrons. The summed E-state index contributed by atoms with van der Waals surface area (Å²) < 4.78 is 38.7. The maximum Gasteiger partial charge on any atom is 0.427 e. The molecule has 10 heteroatoms. The van der Waals surface area contributed by atoms with Gasteiger partial charge in [-0.15, -0.1) is 0 Å². The number of rotatable bonds is 3. The summed E-state index contributed by atoms with van der Waals surface area (Å²) in [5.74, 6) is 0. The number of aryl methyl sites for hydroxylation is 1. The molecule has 0 fully saturated rings. The van der Waals surface area contributed by atoms with Crippen molar-refractivity contribution in [1.29, 1.82) is 0 Å². The molecule has 0 aromatic carbocycles. The lowest BCUT2D eigenvalue weighted by atomic mass is 10.5. The number of urea groups is 1. The van der Waals surface area contributed by atoms with Gasteiger partial charge in [0.2, 0.25) is 0 Å². The Bertz CT molecular complexity index is 606. The standard InChI is InChI=1S/C10H10F3N5OS/c1-18-4-6(16-5-18)2-14-8(19)17-9-15-3-7(20-9)10(11,12)13/h3-5H,2H2,1H3,(H2,14,15,17,19). The average Bonchev–Trinajstić information content (AvgIpc) is 2.95. The molecule has 2 rings (SSSR count). The topological polar surface area (TPSA) is 71.8 Å². The molecule has 0 saturated carbocycles. The summed E-state index contributed by atoms with van der Waals surface area (Å²) in [4.78, 5) is 18.1. The van der Waals surface area contributed by atoms with Crippen LogP contribution in [0.25, 0.3) is 0 Å². The fourth-order valence-electron chi connectivity index (χ4n) is 1.33. The summed E-state index contributed by atoms with van der Waals surface area (Å²) in [7, 11) is 1.78. The molecule has 0 aliphatic rings. The second-order valence-electron chi connectivity index (χ2n) is 3.87. The Morgan fingerprint density at radius 1 is 1.45 bits per heavy atom. The predicted molar refractivity (Wildman–Crippen MR) is 66.2 cm³/mol. The van der Waals surface area contributed by atoms with Gasteiger partial charge in [-0.25, -0.2) is 14.8 Å². The summed E-state index contributed by atoms with van der Waals surface area (Å²) in [6.07, 6.45) is -0.488. The fraction of sp³-hybridized carbons (Fsp3) is 0.300. The van der Waals surface area contributed by atoms with E-state index in [1.807, 2.05) is 0 Å². The van der Waals surface area contributed by atoms with E-state index in [1.54, 1.807) is 24.1 Å². The van der Waals surface area contributed by atoms with E-state index in [0.717, 1.165) is 0 Å². The van der Waals surface area contributed by atoms with E-state index < -0.39 is 17.1 Å². The van der Waals surface area contributed by atoms with E-state index in [2.05, 4.69) is 20.6 Å². The van der Waals surface area contributed by atoms with Crippen LogP contribution in [-0.2, 0) is 19.8 Å². The number of amides is 2. The molecule has 2 aromatic rings. The van der Waals surface area contributed by atoms with E-state index in [0.29, 0.717) is 23.2 Å². The highest BCUT2D eigenvalue weighted by molar-refractivity contribution is 7.15. The van der Waals surface area contributed by atoms with Gasteiger partial charge in [0.25, 0.3) is 0 Å². The molecule has 0 aliphatic carbocycles. The van der Waals surface area contributed by atoms with Crippen molar-refractivity contribution >= 4 is 22.5 Å². The Labute approximate surface area is 115 Å². The molecular formula is C10H10F3N5OS. The molecule has 2 aromatic heterocycles. The van der Waals surface area contributed by atoms with Crippen LogP contribution in [0, 0.1) is 0 Å². The quantitative estimate of drug-likeness (QED) is 0.913. The predicted octanol–water partition coefficient (Wildman–Crippen LogP) is 2.22. The number of alkyl halides is 3. The van der Waals surface area contributed by atoms with Crippen molar-refractivity contribution in [1.82, 2.24) is 19.9 Å². The van der Waals surface area contributed by atoms with E-state index in [4.69, 9.17) is 0 Å². The zero-order valence-electron chi connectivity index (χ0n) is 10.2. The summed E-state index contributed by atoms with van der Waals surface area (Å²) >= 11 is 0.366. The van der Waals surface area contributed by atoms with Crippen LogP contribution in [0.2, 0.25) is 0 Å². The number of aromatic nitrogens is 3. The molecule has 2 heterocycles. The highest BCUT2D eigenvalue weighted by atomic mass is 32.1. The van der Waals surface area contributed by atoms with Gasteiger partial charge in [-0.3, -0.25) is 5.32 Å². The van der Waals surface area contributed by atoms with Crippen molar-refractivity contribution in [3.8, 4) is 0 Å². The van der Waals surface area contributed by atoms with Crippen molar-refractivity contribution in [3.63, 3.8) is 0 Å². The van der Waals surface area contributed by atoms with Gasteiger partial charge in [-0.2, -0.15) is 13.2 Å². The van der Waals surface area contributed by atoms with Crippen LogP contribution in [-0.4, -0.2) is 20.6 Å². The zero-order chi connectivity index (χ0) is 14.8. The first-order valence-electron chi connectivity index (χ1n) is 5.39. The maximum absolute atomic E-state index is 12.3. The third-order valence-corrected chi connectivity index (χ3v) is 3.15. The first kappa shape index (κ1) is 14.3. The number of nitrogens with zero attached hydrogens (tertiary/aromatic N) is 3. The fourth-order valence-corrected chi connectivity index (χ4v) is 2.01. The van der Waals surface area contributed by atoms with Crippen LogP contribution < -0.4 is 10.6 Å². The van der Waals surface area contributed by atoms with Crippen molar-refractivity contribution in [3.05, 3.63) is 29.3 Å². The lowest BCUT2D eigenvalue weighted by Gasteiger charge is -2.03. The SMILES string of the molecule is Cn1cnc(CNC(=O)Nc2ncc(C(F)(F)F)s2)c1.